The van der Waals surface area contributed by atoms with Gasteiger partial charge < -0.3 is 10.5 Å². The Kier molecular flexibility index (Phi) is 3.63. The zero-order valence-electron chi connectivity index (χ0n) is 11.9. The number of nitrogens with two attached hydrogens (primary N) is 1. The monoisotopic (exact) mass is 271 g/mol. The van der Waals surface area contributed by atoms with Crippen LogP contribution in [0.1, 0.15) is 38.6 Å². The maximum absolute atomic E-state index is 6.17. The number of ether oxygens (including phenoxy) is 1. The molecule has 4 heteroatoms. The predicted octanol–water partition coefficient (Wildman–Crippen LogP) is 3.65. The van der Waals surface area contributed by atoms with Crippen LogP contribution in [0.25, 0.3) is 11.3 Å². The molecule has 4 nitrogen and oxygen atoms in total. The zero-order valence-corrected chi connectivity index (χ0v) is 11.9. The summed E-state index contributed by atoms with van der Waals surface area (Å²) in [7, 11) is 0. The molecule has 0 saturated heterocycles. The molecule has 1 aromatic heterocycles. The minimum atomic E-state index is 0.505. The summed E-state index contributed by atoms with van der Waals surface area (Å²) < 4.78 is 7.72. The number of hydrogen-bond donors (Lipinski definition) is 1. The van der Waals surface area contributed by atoms with Crippen molar-refractivity contribution in [3.63, 3.8) is 0 Å². The zero-order chi connectivity index (χ0) is 13.9. The van der Waals surface area contributed by atoms with Crippen molar-refractivity contribution in [3.8, 4) is 17.0 Å². The Morgan fingerprint density at radius 3 is 2.80 bits per heavy atom. The molecule has 0 radical (unpaired) electrons. The average molecular weight is 271 g/mol. The highest BCUT2D eigenvalue weighted by atomic mass is 16.5. The molecule has 2 N–H and O–H groups in total. The molecular weight excluding hydrogens is 250 g/mol. The summed E-state index contributed by atoms with van der Waals surface area (Å²) >= 11 is 0. The van der Waals surface area contributed by atoms with Gasteiger partial charge in [0.15, 0.2) is 0 Å². The summed E-state index contributed by atoms with van der Waals surface area (Å²) in [5, 5.41) is 4.72. The van der Waals surface area contributed by atoms with Crippen molar-refractivity contribution in [1.82, 2.24) is 9.78 Å². The van der Waals surface area contributed by atoms with E-state index in [-0.39, 0.29) is 0 Å². The van der Waals surface area contributed by atoms with Gasteiger partial charge in [-0.1, -0.05) is 25.0 Å². The van der Waals surface area contributed by atoms with Gasteiger partial charge in [0.05, 0.1) is 18.3 Å². The molecule has 0 aliphatic heterocycles. The van der Waals surface area contributed by atoms with Gasteiger partial charge in [-0.2, -0.15) is 5.10 Å². The Hall–Kier alpha value is -1.97. The van der Waals surface area contributed by atoms with E-state index in [1.807, 2.05) is 42.1 Å². The lowest BCUT2D eigenvalue weighted by atomic mass is 10.1. The van der Waals surface area contributed by atoms with Crippen LogP contribution in [0.3, 0.4) is 0 Å². The third-order valence-electron chi connectivity index (χ3n) is 3.90. The first-order chi connectivity index (χ1) is 9.79. The largest absolute Gasteiger partial charge is 0.493 e. The third kappa shape index (κ3) is 2.38. The van der Waals surface area contributed by atoms with E-state index in [1.165, 1.54) is 25.7 Å². The standard InChI is InChI=1S/C16H21N3O/c1-2-20-15-10-6-5-9-13(15)16-14(17)11-19(18-16)12-7-3-4-8-12/h5-6,9-12H,2-4,7-8,17H2,1H3. The Morgan fingerprint density at radius 2 is 2.05 bits per heavy atom. The molecule has 1 heterocycles. The van der Waals surface area contributed by atoms with Gasteiger partial charge in [0, 0.05) is 11.8 Å². The van der Waals surface area contributed by atoms with Crippen LogP contribution < -0.4 is 10.5 Å². The molecule has 1 saturated carbocycles. The normalized spacial score (nSPS) is 15.7. The summed E-state index contributed by atoms with van der Waals surface area (Å²) in [5.74, 6) is 0.846. The fourth-order valence-corrected chi connectivity index (χ4v) is 2.91. The molecule has 0 atom stereocenters. The van der Waals surface area contributed by atoms with Crippen LogP contribution in [0.2, 0.25) is 0 Å². The molecule has 2 aromatic rings. The van der Waals surface area contributed by atoms with Gasteiger partial charge >= 0.3 is 0 Å². The van der Waals surface area contributed by atoms with Gasteiger partial charge in [0.25, 0.3) is 0 Å². The summed E-state index contributed by atoms with van der Waals surface area (Å²) in [6.07, 6.45) is 6.94. The minimum absolute atomic E-state index is 0.505. The van der Waals surface area contributed by atoms with Crippen LogP contribution in [0, 0.1) is 0 Å². The van der Waals surface area contributed by atoms with Crippen LogP contribution in [-0.2, 0) is 0 Å². The maximum atomic E-state index is 6.17. The number of rotatable bonds is 4. The first-order valence-corrected chi connectivity index (χ1v) is 7.36. The number of para-hydroxylation sites is 1. The van der Waals surface area contributed by atoms with Gasteiger partial charge in [0.1, 0.15) is 11.4 Å². The van der Waals surface area contributed by atoms with Crippen LogP contribution in [0.5, 0.6) is 5.75 Å². The highest BCUT2D eigenvalue weighted by Crippen LogP contribution is 2.35. The second-order valence-electron chi connectivity index (χ2n) is 5.28. The Bertz CT molecular complexity index is 585. The topological polar surface area (TPSA) is 53.1 Å². The number of aromatic nitrogens is 2. The van der Waals surface area contributed by atoms with E-state index in [9.17, 15) is 0 Å². The first kappa shape index (κ1) is 13.0. The number of benzene rings is 1. The van der Waals surface area contributed by atoms with Crippen molar-refractivity contribution in [1.29, 1.82) is 0 Å². The van der Waals surface area contributed by atoms with Crippen LogP contribution in [0.4, 0.5) is 5.69 Å². The van der Waals surface area contributed by atoms with Crippen molar-refractivity contribution in [2.45, 2.75) is 38.6 Å². The highest BCUT2D eigenvalue weighted by Gasteiger charge is 2.20. The lowest BCUT2D eigenvalue weighted by molar-refractivity contribution is 0.341. The Balaban J connectivity index is 1.97. The van der Waals surface area contributed by atoms with E-state index in [0.29, 0.717) is 12.6 Å². The molecule has 0 spiro atoms. The van der Waals surface area contributed by atoms with Gasteiger partial charge in [-0.3, -0.25) is 4.68 Å². The van der Waals surface area contributed by atoms with E-state index in [1.54, 1.807) is 0 Å². The quantitative estimate of drug-likeness (QED) is 0.923. The molecule has 1 aliphatic carbocycles. The summed E-state index contributed by atoms with van der Waals surface area (Å²) in [6.45, 7) is 2.62. The fourth-order valence-electron chi connectivity index (χ4n) is 2.91. The predicted molar refractivity (Wildman–Crippen MR) is 80.7 cm³/mol. The average Bonchev–Trinajstić information content (AvgIpc) is 3.09. The molecule has 0 unspecified atom stereocenters. The lowest BCUT2D eigenvalue weighted by Gasteiger charge is -2.10. The summed E-state index contributed by atoms with van der Waals surface area (Å²) in [6, 6.07) is 8.45. The van der Waals surface area contributed by atoms with Crippen LogP contribution >= 0.6 is 0 Å². The van der Waals surface area contributed by atoms with Crippen molar-refractivity contribution >= 4 is 5.69 Å². The van der Waals surface area contributed by atoms with Crippen LogP contribution in [0.15, 0.2) is 30.5 Å². The SMILES string of the molecule is CCOc1ccccc1-c1nn(C2CCCC2)cc1N. The van der Waals surface area contributed by atoms with E-state index < -0.39 is 0 Å². The molecular formula is C16H21N3O. The van der Waals surface area contributed by atoms with Gasteiger partial charge in [-0.05, 0) is 31.9 Å². The maximum Gasteiger partial charge on any atom is 0.128 e. The van der Waals surface area contributed by atoms with Crippen LogP contribution in [-0.4, -0.2) is 16.4 Å². The van der Waals surface area contributed by atoms with E-state index in [4.69, 9.17) is 15.6 Å². The fraction of sp³-hybridized carbons (Fsp3) is 0.438. The Morgan fingerprint density at radius 1 is 1.30 bits per heavy atom. The second kappa shape index (κ2) is 5.57. The molecule has 1 aliphatic rings. The smallest absolute Gasteiger partial charge is 0.128 e. The van der Waals surface area contributed by atoms with Gasteiger partial charge in [0.2, 0.25) is 0 Å². The minimum Gasteiger partial charge on any atom is -0.493 e. The van der Waals surface area contributed by atoms with Crippen molar-refractivity contribution in [2.24, 2.45) is 0 Å². The Labute approximate surface area is 119 Å². The molecule has 106 valence electrons. The number of nitrogen functional groups attached to an aromatic ring is 1. The van der Waals surface area contributed by atoms with E-state index in [0.717, 1.165) is 22.7 Å². The van der Waals surface area contributed by atoms with Crippen molar-refractivity contribution in [3.05, 3.63) is 30.5 Å². The van der Waals surface area contributed by atoms with E-state index >= 15 is 0 Å². The van der Waals surface area contributed by atoms with E-state index in [2.05, 4.69) is 0 Å². The number of hydrogen-bond acceptors (Lipinski definition) is 3. The molecule has 1 fully saturated rings. The molecule has 3 rings (SSSR count). The van der Waals surface area contributed by atoms with Gasteiger partial charge in [-0.15, -0.1) is 0 Å². The number of anilines is 1. The van der Waals surface area contributed by atoms with Crippen molar-refractivity contribution in [2.75, 3.05) is 12.3 Å². The molecule has 20 heavy (non-hydrogen) atoms. The highest BCUT2D eigenvalue weighted by molar-refractivity contribution is 5.76. The molecule has 1 aromatic carbocycles. The molecule has 0 amide bonds. The summed E-state index contributed by atoms with van der Waals surface area (Å²) in [5.41, 5.74) is 8.70. The lowest BCUT2D eigenvalue weighted by Crippen LogP contribution is -2.05. The molecule has 0 bridgehead atoms. The third-order valence-corrected chi connectivity index (χ3v) is 3.90. The number of nitrogens with zero attached hydrogens (tertiary/aromatic N) is 2. The second-order valence-corrected chi connectivity index (χ2v) is 5.28. The van der Waals surface area contributed by atoms with Gasteiger partial charge in [-0.25, -0.2) is 0 Å². The van der Waals surface area contributed by atoms with Crippen molar-refractivity contribution < 1.29 is 4.74 Å². The summed E-state index contributed by atoms with van der Waals surface area (Å²) in [4.78, 5) is 0. The first-order valence-electron chi connectivity index (χ1n) is 7.36.